The summed E-state index contributed by atoms with van der Waals surface area (Å²) in [6, 6.07) is 19.2. The fraction of sp³-hybridized carbons (Fsp3) is 0.355. The maximum atomic E-state index is 14.4. The summed E-state index contributed by atoms with van der Waals surface area (Å²) in [5.74, 6) is 1.03. The van der Waals surface area contributed by atoms with Crippen LogP contribution in [0.1, 0.15) is 33.4 Å². The fourth-order valence-electron chi connectivity index (χ4n) is 5.71. The Morgan fingerprint density at radius 2 is 1.48 bits per heavy atom. The van der Waals surface area contributed by atoms with Crippen molar-refractivity contribution in [2.75, 3.05) is 65.7 Å². The molecule has 2 atom stereocenters. The number of piperazine rings is 1. The lowest BCUT2D eigenvalue weighted by Gasteiger charge is -2.43. The molecule has 1 saturated heterocycles. The van der Waals surface area contributed by atoms with E-state index in [1.807, 2.05) is 59.7 Å². The third-order valence-electron chi connectivity index (χ3n) is 7.93. The smallest absolute Gasteiger partial charge is 0.254 e. The van der Waals surface area contributed by atoms with E-state index in [2.05, 4.69) is 4.90 Å². The first-order valence-corrected chi connectivity index (χ1v) is 14.5. The number of thioether (sulfide) groups is 1. The number of methoxy groups -OCH3 is 3. The summed E-state index contributed by atoms with van der Waals surface area (Å²) in [5, 5.41) is 0. The van der Waals surface area contributed by atoms with Gasteiger partial charge in [0.2, 0.25) is 5.91 Å². The van der Waals surface area contributed by atoms with Crippen LogP contribution in [-0.4, -0.2) is 82.4 Å². The highest BCUT2D eigenvalue weighted by molar-refractivity contribution is 7.98. The molecule has 2 amide bonds. The zero-order valence-corrected chi connectivity index (χ0v) is 24.4. The Morgan fingerprint density at radius 1 is 0.850 bits per heavy atom. The van der Waals surface area contributed by atoms with Gasteiger partial charge in [-0.15, -0.1) is 11.8 Å². The van der Waals surface area contributed by atoms with Gasteiger partial charge in [0.1, 0.15) is 5.75 Å². The highest BCUT2D eigenvalue weighted by Gasteiger charge is 2.45. The van der Waals surface area contributed by atoms with Crippen molar-refractivity contribution in [1.29, 1.82) is 0 Å². The van der Waals surface area contributed by atoms with Crippen LogP contribution in [0.4, 0.5) is 5.69 Å². The number of carbonyl (C=O) groups excluding carboxylic acids is 2. The Balaban J connectivity index is 1.50. The number of carbonyl (C=O) groups is 2. The zero-order valence-electron chi connectivity index (χ0n) is 23.5. The molecule has 210 valence electrons. The van der Waals surface area contributed by atoms with Crippen LogP contribution >= 0.6 is 11.8 Å². The topological polar surface area (TPSA) is 71.5 Å². The van der Waals surface area contributed by atoms with Crippen LogP contribution in [-0.2, 0) is 4.79 Å². The van der Waals surface area contributed by atoms with Gasteiger partial charge in [-0.1, -0.05) is 12.1 Å². The lowest BCUT2D eigenvalue weighted by Crippen LogP contribution is -2.53. The lowest BCUT2D eigenvalue weighted by molar-refractivity contribution is -0.134. The van der Waals surface area contributed by atoms with Crippen LogP contribution in [0.2, 0.25) is 0 Å². The second kappa shape index (κ2) is 11.7. The summed E-state index contributed by atoms with van der Waals surface area (Å²) in [5.41, 5.74) is 3.16. The number of hydrogen-bond donors (Lipinski definition) is 0. The summed E-state index contributed by atoms with van der Waals surface area (Å²) in [6.07, 6.45) is 2.03. The summed E-state index contributed by atoms with van der Waals surface area (Å²) in [7, 11) is 6.54. The number of rotatable bonds is 7. The third-order valence-corrected chi connectivity index (χ3v) is 8.67. The molecule has 2 heterocycles. The molecule has 1 fully saturated rings. The van der Waals surface area contributed by atoms with Gasteiger partial charge < -0.3 is 28.9 Å². The standard InChI is InChI=1S/C31H35N3O5S/c1-32-29(20-6-12-23(40-5)13-7-20)28(24-18-26(38-3)27(39-4)19-25(24)30(32)35)31(36)34-16-14-33(15-17-34)21-8-10-22(37-2)11-9-21/h6-13,18-19,28-29H,14-17H2,1-5H3/t28-,29+/m0/s1. The summed E-state index contributed by atoms with van der Waals surface area (Å²) in [6.45, 7) is 2.59. The van der Waals surface area contributed by atoms with Gasteiger partial charge in [-0.2, -0.15) is 0 Å². The van der Waals surface area contributed by atoms with Crippen molar-refractivity contribution in [2.45, 2.75) is 16.9 Å². The average molecular weight is 562 g/mol. The van der Waals surface area contributed by atoms with Gasteiger partial charge in [-0.3, -0.25) is 9.59 Å². The average Bonchev–Trinajstić information content (AvgIpc) is 3.01. The normalized spacial score (nSPS) is 18.8. The second-order valence-electron chi connectivity index (χ2n) is 9.92. The number of likely N-dealkylation sites (N-methyl/N-ethyl adjacent to an activating group) is 1. The highest BCUT2D eigenvalue weighted by atomic mass is 32.2. The SMILES string of the molecule is COc1ccc(N2CCN(C(=O)[C@H]3c4cc(OC)c(OC)cc4C(=O)N(C)[C@@H]3c3ccc(SC)cc3)CC2)cc1. The summed E-state index contributed by atoms with van der Waals surface area (Å²) >= 11 is 1.66. The quantitative estimate of drug-likeness (QED) is 0.388. The molecule has 0 bridgehead atoms. The number of ether oxygens (including phenoxy) is 3. The Morgan fingerprint density at radius 3 is 2.05 bits per heavy atom. The first kappa shape index (κ1) is 27.7. The molecule has 8 nitrogen and oxygen atoms in total. The van der Waals surface area contributed by atoms with E-state index >= 15 is 0 Å². The Labute approximate surface area is 239 Å². The van der Waals surface area contributed by atoms with Crippen molar-refractivity contribution in [3.05, 3.63) is 77.4 Å². The van der Waals surface area contributed by atoms with Crippen molar-refractivity contribution in [3.8, 4) is 17.2 Å². The molecule has 0 radical (unpaired) electrons. The Hall–Kier alpha value is -3.85. The number of fused-ring (bicyclic) bond motifs is 1. The minimum absolute atomic E-state index is 0.00106. The van der Waals surface area contributed by atoms with E-state index in [-0.39, 0.29) is 11.8 Å². The molecule has 5 rings (SSSR count). The number of nitrogens with zero attached hydrogens (tertiary/aromatic N) is 3. The molecular weight excluding hydrogens is 526 g/mol. The van der Waals surface area contributed by atoms with Crippen molar-refractivity contribution in [3.63, 3.8) is 0 Å². The molecule has 9 heteroatoms. The monoisotopic (exact) mass is 561 g/mol. The predicted octanol–water partition coefficient (Wildman–Crippen LogP) is 4.69. The number of benzene rings is 3. The Bertz CT molecular complexity index is 1370. The van der Waals surface area contributed by atoms with E-state index in [1.54, 1.807) is 57.2 Å². The molecule has 3 aromatic carbocycles. The minimum atomic E-state index is -0.592. The molecule has 3 aromatic rings. The molecule has 40 heavy (non-hydrogen) atoms. The number of amides is 2. The number of hydrogen-bond acceptors (Lipinski definition) is 7. The molecule has 0 aromatic heterocycles. The van der Waals surface area contributed by atoms with Crippen molar-refractivity contribution >= 4 is 29.3 Å². The summed E-state index contributed by atoms with van der Waals surface area (Å²) in [4.78, 5) is 35.1. The van der Waals surface area contributed by atoms with Crippen molar-refractivity contribution in [1.82, 2.24) is 9.80 Å². The van der Waals surface area contributed by atoms with E-state index < -0.39 is 12.0 Å². The van der Waals surface area contributed by atoms with Gasteiger partial charge in [0.25, 0.3) is 5.91 Å². The number of anilines is 1. The van der Waals surface area contributed by atoms with E-state index in [9.17, 15) is 9.59 Å². The minimum Gasteiger partial charge on any atom is -0.497 e. The van der Waals surface area contributed by atoms with Gasteiger partial charge in [-0.05, 0) is 65.9 Å². The zero-order chi connectivity index (χ0) is 28.4. The Kier molecular flexibility index (Phi) is 8.12. The third kappa shape index (κ3) is 5.06. The molecular formula is C31H35N3O5S. The van der Waals surface area contributed by atoms with Crippen LogP contribution in [0.15, 0.2) is 65.6 Å². The van der Waals surface area contributed by atoms with Crippen LogP contribution in [0, 0.1) is 0 Å². The largest absolute Gasteiger partial charge is 0.497 e. The van der Waals surface area contributed by atoms with Crippen molar-refractivity contribution < 1.29 is 23.8 Å². The molecule has 2 aliphatic rings. The van der Waals surface area contributed by atoms with Gasteiger partial charge >= 0.3 is 0 Å². The molecule has 2 aliphatic heterocycles. The molecule has 0 spiro atoms. The van der Waals surface area contributed by atoms with E-state index in [1.165, 1.54) is 0 Å². The highest BCUT2D eigenvalue weighted by Crippen LogP contribution is 2.46. The van der Waals surface area contributed by atoms with Crippen molar-refractivity contribution in [2.24, 2.45) is 0 Å². The maximum Gasteiger partial charge on any atom is 0.254 e. The summed E-state index contributed by atoms with van der Waals surface area (Å²) < 4.78 is 16.4. The molecule has 0 unspecified atom stereocenters. The maximum absolute atomic E-state index is 14.4. The first-order chi connectivity index (χ1) is 19.4. The molecule has 0 aliphatic carbocycles. The van der Waals surface area contributed by atoms with Gasteiger partial charge in [0.15, 0.2) is 11.5 Å². The van der Waals surface area contributed by atoms with Gasteiger partial charge in [0.05, 0.1) is 33.3 Å². The molecule has 0 saturated carbocycles. The predicted molar refractivity (Wildman–Crippen MR) is 157 cm³/mol. The van der Waals surface area contributed by atoms with Crippen LogP contribution in [0.3, 0.4) is 0 Å². The second-order valence-corrected chi connectivity index (χ2v) is 10.8. The van der Waals surface area contributed by atoms with Crippen LogP contribution in [0.25, 0.3) is 0 Å². The van der Waals surface area contributed by atoms with Gasteiger partial charge in [-0.25, -0.2) is 0 Å². The van der Waals surface area contributed by atoms with E-state index in [0.29, 0.717) is 48.8 Å². The van der Waals surface area contributed by atoms with Gasteiger partial charge in [0, 0.05) is 49.4 Å². The van der Waals surface area contributed by atoms with E-state index in [4.69, 9.17) is 14.2 Å². The fourth-order valence-corrected chi connectivity index (χ4v) is 6.12. The van der Waals surface area contributed by atoms with Crippen LogP contribution in [0.5, 0.6) is 17.2 Å². The van der Waals surface area contributed by atoms with E-state index in [0.717, 1.165) is 21.9 Å². The first-order valence-electron chi connectivity index (χ1n) is 13.2. The lowest BCUT2D eigenvalue weighted by atomic mass is 9.78. The van der Waals surface area contributed by atoms with Crippen LogP contribution < -0.4 is 19.1 Å². The molecule has 0 N–H and O–H groups in total.